The summed E-state index contributed by atoms with van der Waals surface area (Å²) in [5, 5.41) is 0.658. The van der Waals surface area contributed by atoms with Crippen LogP contribution in [0.3, 0.4) is 0 Å². The second kappa shape index (κ2) is 8.29. The van der Waals surface area contributed by atoms with Crippen LogP contribution in [0.15, 0.2) is 24.3 Å². The molecule has 2 atom stereocenters. The predicted molar refractivity (Wildman–Crippen MR) is 79.7 cm³/mol. The lowest BCUT2D eigenvalue weighted by atomic mass is 9.91. The number of benzene rings is 1. The van der Waals surface area contributed by atoms with Crippen LogP contribution in [0.1, 0.15) is 49.9 Å². The summed E-state index contributed by atoms with van der Waals surface area (Å²) in [6.07, 6.45) is 4.01. The molecular weight excluding hydrogens is 259 g/mol. The predicted octanol–water partition coefficient (Wildman–Crippen LogP) is 3.83. The lowest BCUT2D eigenvalue weighted by Gasteiger charge is -2.13. The Morgan fingerprint density at radius 2 is 1.89 bits per heavy atom. The van der Waals surface area contributed by atoms with Crippen LogP contribution in [0.4, 0.5) is 0 Å². The average Bonchev–Trinajstić information content (AvgIpc) is 2.47. The minimum Gasteiger partial charge on any atom is -0.331 e. The van der Waals surface area contributed by atoms with E-state index >= 15 is 0 Å². The Kier molecular flexibility index (Phi) is 7.04. The maximum absolute atomic E-state index is 12.3. The molecule has 0 spiro atoms. The highest BCUT2D eigenvalue weighted by Crippen LogP contribution is 2.22. The summed E-state index contributed by atoms with van der Waals surface area (Å²) in [6, 6.07) is 6.97. The van der Waals surface area contributed by atoms with E-state index in [4.69, 9.17) is 4.52 Å². The number of ketones is 1. The van der Waals surface area contributed by atoms with Crippen LogP contribution < -0.4 is 5.30 Å². The Bertz CT molecular complexity index is 426. The van der Waals surface area contributed by atoms with Gasteiger partial charge in [0.25, 0.3) is 0 Å². The van der Waals surface area contributed by atoms with Gasteiger partial charge >= 0.3 is 0 Å². The van der Waals surface area contributed by atoms with Gasteiger partial charge in [0.05, 0.1) is 0 Å². The third-order valence-electron chi connectivity index (χ3n) is 3.36. The van der Waals surface area contributed by atoms with Crippen molar-refractivity contribution < 1.29 is 13.9 Å². The zero-order valence-corrected chi connectivity index (χ0v) is 12.9. The molecule has 1 aromatic rings. The van der Waals surface area contributed by atoms with Gasteiger partial charge < -0.3 is 4.52 Å². The average molecular weight is 282 g/mol. The number of carbonyl (C=O) groups is 1. The van der Waals surface area contributed by atoms with Gasteiger partial charge in [-0.05, 0) is 25.0 Å². The minimum absolute atomic E-state index is 0.102. The second-order valence-electron chi connectivity index (χ2n) is 4.68. The van der Waals surface area contributed by atoms with E-state index < -0.39 is 8.03 Å². The topological polar surface area (TPSA) is 43.4 Å². The Labute approximate surface area is 116 Å². The molecule has 1 aromatic carbocycles. The standard InChI is InChI=1S/C15H23O3P/c1-4-6-7-12(5-2)15(16)13-8-10-14(11-9-13)19(17)18-3/h8-12,19H,4-7H2,1-3H3. The molecule has 0 aliphatic carbocycles. The van der Waals surface area contributed by atoms with E-state index in [1.165, 1.54) is 7.11 Å². The van der Waals surface area contributed by atoms with Crippen LogP contribution >= 0.6 is 8.03 Å². The van der Waals surface area contributed by atoms with Crippen LogP contribution in [0, 0.1) is 5.92 Å². The van der Waals surface area contributed by atoms with Gasteiger partial charge in [0.1, 0.15) is 0 Å². The lowest BCUT2D eigenvalue weighted by Crippen LogP contribution is -2.14. The molecule has 2 unspecified atom stereocenters. The first-order valence-corrected chi connectivity index (χ1v) is 8.18. The fourth-order valence-corrected chi connectivity index (χ4v) is 2.77. The van der Waals surface area contributed by atoms with E-state index in [2.05, 4.69) is 13.8 Å². The van der Waals surface area contributed by atoms with E-state index in [1.807, 2.05) is 0 Å². The normalized spacial score (nSPS) is 14.1. The molecule has 0 saturated carbocycles. The van der Waals surface area contributed by atoms with E-state index in [1.54, 1.807) is 24.3 Å². The first-order valence-electron chi connectivity index (χ1n) is 6.86. The summed E-state index contributed by atoms with van der Waals surface area (Å²) in [6.45, 7) is 4.19. The van der Waals surface area contributed by atoms with Crippen LogP contribution in [0.5, 0.6) is 0 Å². The summed E-state index contributed by atoms with van der Waals surface area (Å²) < 4.78 is 16.3. The van der Waals surface area contributed by atoms with Gasteiger partial charge in [-0.15, -0.1) is 0 Å². The summed E-state index contributed by atoms with van der Waals surface area (Å²) in [4.78, 5) is 12.3. The van der Waals surface area contributed by atoms with Crippen molar-refractivity contribution >= 4 is 19.1 Å². The highest BCUT2D eigenvalue weighted by atomic mass is 31.1. The van der Waals surface area contributed by atoms with Crippen molar-refractivity contribution in [1.82, 2.24) is 0 Å². The van der Waals surface area contributed by atoms with E-state index in [0.29, 0.717) is 10.9 Å². The lowest BCUT2D eigenvalue weighted by molar-refractivity contribution is 0.0908. The summed E-state index contributed by atoms with van der Waals surface area (Å²) in [5.74, 6) is 0.296. The van der Waals surface area contributed by atoms with Crippen molar-refractivity contribution in [3.05, 3.63) is 29.8 Å². The van der Waals surface area contributed by atoms with Crippen molar-refractivity contribution in [2.45, 2.75) is 39.5 Å². The number of unbranched alkanes of at least 4 members (excludes halogenated alkanes) is 1. The minimum atomic E-state index is -2.15. The molecule has 19 heavy (non-hydrogen) atoms. The highest BCUT2D eigenvalue weighted by Gasteiger charge is 2.17. The fourth-order valence-electron chi connectivity index (χ4n) is 2.10. The third kappa shape index (κ3) is 4.59. The molecule has 0 bridgehead atoms. The van der Waals surface area contributed by atoms with Crippen molar-refractivity contribution in [2.75, 3.05) is 7.11 Å². The number of carbonyl (C=O) groups excluding carboxylic acids is 1. The van der Waals surface area contributed by atoms with Crippen LogP contribution in [-0.2, 0) is 9.09 Å². The Morgan fingerprint density at radius 1 is 1.26 bits per heavy atom. The molecule has 0 aromatic heterocycles. The van der Waals surface area contributed by atoms with Crippen molar-refractivity contribution in [3.63, 3.8) is 0 Å². The fraction of sp³-hybridized carbons (Fsp3) is 0.533. The van der Waals surface area contributed by atoms with Gasteiger partial charge in [0.15, 0.2) is 5.78 Å². The summed E-state index contributed by atoms with van der Waals surface area (Å²) in [7, 11) is -0.720. The van der Waals surface area contributed by atoms with Crippen LogP contribution in [-0.4, -0.2) is 12.9 Å². The Hall–Kier alpha value is -0.920. The van der Waals surface area contributed by atoms with Crippen LogP contribution in [0.25, 0.3) is 0 Å². The molecular formula is C15H23O3P. The molecule has 0 aliphatic heterocycles. The van der Waals surface area contributed by atoms with Crippen molar-refractivity contribution in [2.24, 2.45) is 5.92 Å². The number of Topliss-reactive ketones (excluding diaryl/α,β-unsaturated/α-hetero) is 1. The van der Waals surface area contributed by atoms with Gasteiger partial charge in [-0.3, -0.25) is 9.36 Å². The maximum atomic E-state index is 12.3. The Morgan fingerprint density at radius 3 is 2.37 bits per heavy atom. The first-order chi connectivity index (χ1) is 9.13. The third-order valence-corrected chi connectivity index (χ3v) is 4.54. The number of rotatable bonds is 8. The maximum Gasteiger partial charge on any atom is 0.220 e. The van der Waals surface area contributed by atoms with Gasteiger partial charge in [-0.2, -0.15) is 0 Å². The quantitative estimate of drug-likeness (QED) is 0.537. The zero-order valence-electron chi connectivity index (χ0n) is 11.9. The molecule has 106 valence electrons. The van der Waals surface area contributed by atoms with Gasteiger partial charge in [0.2, 0.25) is 8.03 Å². The van der Waals surface area contributed by atoms with Crippen LogP contribution in [0.2, 0.25) is 0 Å². The van der Waals surface area contributed by atoms with Crippen molar-refractivity contribution in [3.8, 4) is 0 Å². The smallest absolute Gasteiger partial charge is 0.220 e. The molecule has 0 aliphatic rings. The second-order valence-corrected chi connectivity index (χ2v) is 6.24. The molecule has 0 fully saturated rings. The summed E-state index contributed by atoms with van der Waals surface area (Å²) >= 11 is 0. The molecule has 0 amide bonds. The molecule has 0 N–H and O–H groups in total. The molecule has 0 heterocycles. The zero-order chi connectivity index (χ0) is 14.3. The molecule has 0 saturated heterocycles. The first kappa shape index (κ1) is 16.1. The van der Waals surface area contributed by atoms with Gasteiger partial charge in [0, 0.05) is 23.9 Å². The molecule has 0 radical (unpaired) electrons. The molecule has 3 nitrogen and oxygen atoms in total. The number of hydrogen-bond donors (Lipinski definition) is 0. The SMILES string of the molecule is CCCCC(CC)C(=O)c1ccc([PH](=O)OC)cc1. The Balaban J connectivity index is 2.78. The molecule has 1 rings (SSSR count). The van der Waals surface area contributed by atoms with E-state index in [-0.39, 0.29) is 11.7 Å². The van der Waals surface area contributed by atoms with Gasteiger partial charge in [-0.25, -0.2) is 0 Å². The van der Waals surface area contributed by atoms with Crippen molar-refractivity contribution in [1.29, 1.82) is 0 Å². The highest BCUT2D eigenvalue weighted by molar-refractivity contribution is 7.48. The largest absolute Gasteiger partial charge is 0.331 e. The van der Waals surface area contributed by atoms with E-state index in [0.717, 1.165) is 25.7 Å². The monoisotopic (exact) mass is 282 g/mol. The number of hydrogen-bond acceptors (Lipinski definition) is 3. The molecule has 4 heteroatoms. The summed E-state index contributed by atoms with van der Waals surface area (Å²) in [5.41, 5.74) is 0.706. The van der Waals surface area contributed by atoms with E-state index in [9.17, 15) is 9.36 Å². The van der Waals surface area contributed by atoms with Gasteiger partial charge in [-0.1, -0.05) is 38.8 Å².